The average Bonchev–Trinajstić information content (AvgIpc) is 2.67. The molecular weight excluding hydrogens is 300 g/mol. The Morgan fingerprint density at radius 1 is 1.08 bits per heavy atom. The standard InChI is InChI=1S/C20H26N2O2/c1-23-17-10-11-19(24-2)16(13-17)14-22-18-9-6-12-21-20(18)15-7-4-3-5-8-15/h3-5,7-8,10-11,13,18,20-22H,6,9,12,14H2,1-2H3/t18-,20-/m1/s1. The first-order valence-electron chi connectivity index (χ1n) is 8.54. The smallest absolute Gasteiger partial charge is 0.123 e. The van der Waals surface area contributed by atoms with Gasteiger partial charge in [-0.1, -0.05) is 30.3 Å². The molecule has 0 radical (unpaired) electrons. The summed E-state index contributed by atoms with van der Waals surface area (Å²) in [6, 6.07) is 17.3. The molecule has 1 heterocycles. The van der Waals surface area contributed by atoms with E-state index >= 15 is 0 Å². The van der Waals surface area contributed by atoms with E-state index in [1.54, 1.807) is 14.2 Å². The lowest BCUT2D eigenvalue weighted by Gasteiger charge is -2.34. The summed E-state index contributed by atoms with van der Waals surface area (Å²) in [6.45, 7) is 1.83. The molecule has 4 nitrogen and oxygen atoms in total. The molecule has 2 N–H and O–H groups in total. The van der Waals surface area contributed by atoms with Crippen molar-refractivity contribution in [1.82, 2.24) is 10.6 Å². The second kappa shape index (κ2) is 8.18. The Balaban J connectivity index is 1.72. The van der Waals surface area contributed by atoms with Gasteiger partial charge < -0.3 is 20.1 Å². The van der Waals surface area contributed by atoms with Crippen LogP contribution in [0.25, 0.3) is 0 Å². The number of ether oxygens (including phenoxy) is 2. The van der Waals surface area contributed by atoms with Crippen molar-refractivity contribution in [2.45, 2.75) is 31.5 Å². The van der Waals surface area contributed by atoms with Crippen molar-refractivity contribution in [3.05, 3.63) is 59.7 Å². The molecule has 2 aromatic rings. The zero-order valence-corrected chi connectivity index (χ0v) is 14.4. The molecule has 0 spiro atoms. The van der Waals surface area contributed by atoms with Gasteiger partial charge in [0, 0.05) is 24.2 Å². The van der Waals surface area contributed by atoms with Gasteiger partial charge in [-0.3, -0.25) is 0 Å². The molecule has 0 aliphatic carbocycles. The SMILES string of the molecule is COc1ccc(OC)c(CN[C@@H]2CCCN[C@@H]2c2ccccc2)c1. The molecule has 1 aliphatic rings. The van der Waals surface area contributed by atoms with Crippen molar-refractivity contribution in [3.8, 4) is 11.5 Å². The molecule has 2 atom stereocenters. The molecule has 1 saturated heterocycles. The van der Waals surface area contributed by atoms with Crippen LogP contribution in [0.5, 0.6) is 11.5 Å². The van der Waals surface area contributed by atoms with Gasteiger partial charge in [0.15, 0.2) is 0 Å². The highest BCUT2D eigenvalue weighted by Gasteiger charge is 2.25. The Kier molecular flexibility index (Phi) is 5.72. The van der Waals surface area contributed by atoms with Crippen LogP contribution in [0.15, 0.2) is 48.5 Å². The van der Waals surface area contributed by atoms with Gasteiger partial charge in [-0.05, 0) is 43.1 Å². The van der Waals surface area contributed by atoms with Crippen molar-refractivity contribution in [2.75, 3.05) is 20.8 Å². The van der Waals surface area contributed by atoms with Crippen LogP contribution < -0.4 is 20.1 Å². The van der Waals surface area contributed by atoms with Crippen molar-refractivity contribution >= 4 is 0 Å². The van der Waals surface area contributed by atoms with Crippen LogP contribution in [-0.2, 0) is 6.54 Å². The molecule has 0 unspecified atom stereocenters. The largest absolute Gasteiger partial charge is 0.497 e. The third-order valence-electron chi connectivity index (χ3n) is 4.66. The van der Waals surface area contributed by atoms with Crippen molar-refractivity contribution in [1.29, 1.82) is 0 Å². The van der Waals surface area contributed by atoms with E-state index in [9.17, 15) is 0 Å². The molecular formula is C20H26N2O2. The van der Waals surface area contributed by atoms with Crippen LogP contribution in [0, 0.1) is 0 Å². The Morgan fingerprint density at radius 3 is 2.67 bits per heavy atom. The first-order valence-corrected chi connectivity index (χ1v) is 8.54. The second-order valence-electron chi connectivity index (χ2n) is 6.15. The lowest BCUT2D eigenvalue weighted by molar-refractivity contribution is 0.302. The van der Waals surface area contributed by atoms with Crippen LogP contribution in [-0.4, -0.2) is 26.8 Å². The van der Waals surface area contributed by atoms with Gasteiger partial charge in [0.2, 0.25) is 0 Å². The molecule has 0 aromatic heterocycles. The van der Waals surface area contributed by atoms with Gasteiger partial charge in [0.05, 0.1) is 14.2 Å². The zero-order valence-electron chi connectivity index (χ0n) is 14.4. The summed E-state index contributed by atoms with van der Waals surface area (Å²) < 4.78 is 10.8. The van der Waals surface area contributed by atoms with Gasteiger partial charge >= 0.3 is 0 Å². The van der Waals surface area contributed by atoms with E-state index < -0.39 is 0 Å². The lowest BCUT2D eigenvalue weighted by atomic mass is 9.92. The maximum atomic E-state index is 5.49. The number of hydrogen-bond donors (Lipinski definition) is 2. The number of methoxy groups -OCH3 is 2. The summed E-state index contributed by atoms with van der Waals surface area (Å²) in [5, 5.41) is 7.37. The van der Waals surface area contributed by atoms with E-state index in [4.69, 9.17) is 9.47 Å². The molecule has 0 amide bonds. The number of rotatable bonds is 6. The van der Waals surface area contributed by atoms with Crippen LogP contribution in [0.1, 0.15) is 30.0 Å². The van der Waals surface area contributed by atoms with Gasteiger partial charge in [-0.15, -0.1) is 0 Å². The van der Waals surface area contributed by atoms with Crippen LogP contribution in [0.3, 0.4) is 0 Å². The highest BCUT2D eigenvalue weighted by Crippen LogP contribution is 2.27. The molecule has 128 valence electrons. The highest BCUT2D eigenvalue weighted by atomic mass is 16.5. The number of piperidine rings is 1. The Labute approximate surface area is 144 Å². The fourth-order valence-corrected chi connectivity index (χ4v) is 3.38. The molecule has 1 fully saturated rings. The summed E-state index contributed by atoms with van der Waals surface area (Å²) in [6.07, 6.45) is 2.36. The number of benzene rings is 2. The van der Waals surface area contributed by atoms with E-state index in [-0.39, 0.29) is 0 Å². The quantitative estimate of drug-likeness (QED) is 0.855. The van der Waals surface area contributed by atoms with Gasteiger partial charge in [-0.2, -0.15) is 0 Å². The summed E-state index contributed by atoms with van der Waals surface area (Å²) in [5.41, 5.74) is 2.46. The fourth-order valence-electron chi connectivity index (χ4n) is 3.38. The Bertz CT molecular complexity index is 645. The average molecular weight is 326 g/mol. The van der Waals surface area contributed by atoms with Gasteiger partial charge in [-0.25, -0.2) is 0 Å². The lowest BCUT2D eigenvalue weighted by Crippen LogP contribution is -2.45. The third kappa shape index (κ3) is 3.89. The third-order valence-corrected chi connectivity index (χ3v) is 4.66. The molecule has 0 saturated carbocycles. The first kappa shape index (κ1) is 16.8. The Hall–Kier alpha value is -2.04. The molecule has 24 heavy (non-hydrogen) atoms. The van der Waals surface area contributed by atoms with E-state index in [1.807, 2.05) is 18.2 Å². The van der Waals surface area contributed by atoms with E-state index in [2.05, 4.69) is 41.0 Å². The number of nitrogens with one attached hydrogen (secondary N) is 2. The first-order chi connectivity index (χ1) is 11.8. The zero-order chi connectivity index (χ0) is 16.8. The van der Waals surface area contributed by atoms with Crippen LogP contribution in [0.4, 0.5) is 0 Å². The summed E-state index contributed by atoms with van der Waals surface area (Å²) >= 11 is 0. The van der Waals surface area contributed by atoms with Crippen molar-refractivity contribution in [3.63, 3.8) is 0 Å². The highest BCUT2D eigenvalue weighted by molar-refractivity contribution is 5.40. The summed E-state index contributed by atoms with van der Waals surface area (Å²) in [4.78, 5) is 0. The minimum absolute atomic E-state index is 0.344. The van der Waals surface area contributed by atoms with E-state index in [0.717, 1.165) is 30.2 Å². The molecule has 4 heteroatoms. The maximum absolute atomic E-state index is 5.49. The number of hydrogen-bond acceptors (Lipinski definition) is 4. The van der Waals surface area contributed by atoms with Crippen molar-refractivity contribution in [2.24, 2.45) is 0 Å². The normalized spacial score (nSPS) is 20.6. The van der Waals surface area contributed by atoms with Crippen molar-refractivity contribution < 1.29 is 9.47 Å². The molecule has 0 bridgehead atoms. The molecule has 2 aromatic carbocycles. The molecule has 3 rings (SSSR count). The fraction of sp³-hybridized carbons (Fsp3) is 0.400. The van der Waals surface area contributed by atoms with E-state index in [0.29, 0.717) is 12.1 Å². The van der Waals surface area contributed by atoms with Gasteiger partial charge in [0.1, 0.15) is 11.5 Å². The topological polar surface area (TPSA) is 42.5 Å². The van der Waals surface area contributed by atoms with Gasteiger partial charge in [0.25, 0.3) is 0 Å². The Morgan fingerprint density at radius 2 is 1.92 bits per heavy atom. The monoisotopic (exact) mass is 326 g/mol. The predicted molar refractivity (Wildman–Crippen MR) is 96.6 cm³/mol. The minimum atomic E-state index is 0.344. The summed E-state index contributed by atoms with van der Waals surface area (Å²) in [7, 11) is 3.40. The molecule has 1 aliphatic heterocycles. The second-order valence-corrected chi connectivity index (χ2v) is 6.15. The van der Waals surface area contributed by atoms with E-state index in [1.165, 1.54) is 18.4 Å². The summed E-state index contributed by atoms with van der Waals surface area (Å²) in [5.74, 6) is 1.75. The van der Waals surface area contributed by atoms with Crippen LogP contribution in [0.2, 0.25) is 0 Å². The van der Waals surface area contributed by atoms with Crippen LogP contribution >= 0.6 is 0 Å². The minimum Gasteiger partial charge on any atom is -0.497 e. The predicted octanol–water partition coefficient (Wildman–Crippen LogP) is 3.29. The maximum Gasteiger partial charge on any atom is 0.123 e.